The van der Waals surface area contributed by atoms with Gasteiger partial charge in [-0.3, -0.25) is 0 Å². The van der Waals surface area contributed by atoms with Gasteiger partial charge in [-0.05, 0) is 119 Å². The molecule has 1 heteroatoms. The number of hydrogen-bond donors (Lipinski definition) is 1. The number of benzene rings is 8. The Labute approximate surface area is 287 Å². The van der Waals surface area contributed by atoms with Crippen LogP contribution in [0.4, 0.5) is 0 Å². The Bertz CT molecular complexity index is 2630. The topological polar surface area (TPSA) is 23.9 Å². The predicted octanol–water partition coefficient (Wildman–Crippen LogP) is 13.3. The third-order valence-electron chi connectivity index (χ3n) is 10.1. The molecule has 0 saturated heterocycles. The van der Waals surface area contributed by atoms with E-state index in [1.165, 1.54) is 78.0 Å². The van der Waals surface area contributed by atoms with Crippen LogP contribution in [0.1, 0.15) is 18.1 Å². The number of fused-ring (bicyclic) bond motifs is 11. The van der Waals surface area contributed by atoms with E-state index in [9.17, 15) is 0 Å². The third-order valence-corrected chi connectivity index (χ3v) is 10.1. The highest BCUT2D eigenvalue weighted by Crippen LogP contribution is 2.48. The van der Waals surface area contributed by atoms with Crippen LogP contribution < -0.4 is 0 Å². The molecule has 0 spiro atoms. The predicted molar refractivity (Wildman–Crippen MR) is 210 cm³/mol. The van der Waals surface area contributed by atoms with Gasteiger partial charge in [0.15, 0.2) is 0 Å². The molecule has 0 heterocycles. The Hall–Kier alpha value is -6.31. The summed E-state index contributed by atoms with van der Waals surface area (Å²) in [6, 6.07) is 57.5. The van der Waals surface area contributed by atoms with E-state index < -0.39 is 0 Å². The van der Waals surface area contributed by atoms with Crippen molar-refractivity contribution in [1.29, 1.82) is 5.41 Å². The van der Waals surface area contributed by atoms with Gasteiger partial charge in [0.2, 0.25) is 0 Å². The molecule has 1 N–H and O–H groups in total. The van der Waals surface area contributed by atoms with Crippen LogP contribution in [0.5, 0.6) is 0 Å². The average molecular weight is 624 g/mol. The van der Waals surface area contributed by atoms with Crippen molar-refractivity contribution in [3.8, 4) is 66.8 Å². The average Bonchev–Trinajstić information content (AvgIpc) is 3.17. The van der Waals surface area contributed by atoms with Crippen molar-refractivity contribution >= 4 is 33.8 Å². The number of nitrogens with one attached hydrogen (secondary N) is 1. The maximum Gasteiger partial charge on any atom is 0.0262 e. The lowest BCUT2D eigenvalue weighted by Gasteiger charge is -2.23. The molecule has 0 fully saturated rings. The molecule has 8 aromatic rings. The van der Waals surface area contributed by atoms with E-state index in [2.05, 4.69) is 170 Å². The summed E-state index contributed by atoms with van der Waals surface area (Å²) >= 11 is 0. The minimum absolute atomic E-state index is 0.951. The maximum absolute atomic E-state index is 8.43. The van der Waals surface area contributed by atoms with Crippen molar-refractivity contribution in [1.82, 2.24) is 0 Å². The molecule has 0 atom stereocenters. The van der Waals surface area contributed by atoms with E-state index in [1.54, 1.807) is 0 Å². The number of rotatable bonds is 4. The van der Waals surface area contributed by atoms with Crippen molar-refractivity contribution in [3.05, 3.63) is 175 Å². The molecule has 49 heavy (non-hydrogen) atoms. The second-order valence-corrected chi connectivity index (χ2v) is 12.8. The van der Waals surface area contributed by atoms with Gasteiger partial charge in [0, 0.05) is 11.8 Å². The first kappa shape index (κ1) is 28.9. The molecule has 0 saturated carbocycles. The summed E-state index contributed by atoms with van der Waals surface area (Å²) in [7, 11) is 0. The van der Waals surface area contributed by atoms with E-state index in [0.717, 1.165) is 27.6 Å². The molecule has 0 aromatic heterocycles. The Morgan fingerprint density at radius 1 is 0.347 bits per heavy atom. The van der Waals surface area contributed by atoms with Crippen molar-refractivity contribution in [2.24, 2.45) is 0 Å². The van der Waals surface area contributed by atoms with Crippen LogP contribution in [0.15, 0.2) is 164 Å². The third kappa shape index (κ3) is 4.66. The van der Waals surface area contributed by atoms with Crippen LogP contribution >= 0.6 is 0 Å². The van der Waals surface area contributed by atoms with Crippen LogP contribution in [-0.4, -0.2) is 6.21 Å². The highest BCUT2D eigenvalue weighted by atomic mass is 14.3. The summed E-state index contributed by atoms with van der Waals surface area (Å²) in [5.74, 6) is 0. The van der Waals surface area contributed by atoms with Gasteiger partial charge in [-0.2, -0.15) is 0 Å². The molecule has 0 radical (unpaired) electrons. The van der Waals surface area contributed by atoms with Gasteiger partial charge in [0.25, 0.3) is 0 Å². The van der Waals surface area contributed by atoms with Gasteiger partial charge in [0.1, 0.15) is 0 Å². The first-order valence-electron chi connectivity index (χ1n) is 16.9. The summed E-state index contributed by atoms with van der Waals surface area (Å²) < 4.78 is 0. The van der Waals surface area contributed by atoms with Crippen molar-refractivity contribution in [3.63, 3.8) is 0 Å². The molecule has 8 aromatic carbocycles. The summed E-state index contributed by atoms with van der Waals surface area (Å²) in [6.45, 7) is 2.04. The fraction of sp³-hybridized carbons (Fsp3) is 0.0208. The Balaban J connectivity index is 1.21. The Morgan fingerprint density at radius 2 is 0.796 bits per heavy atom. The van der Waals surface area contributed by atoms with E-state index in [1.807, 2.05) is 6.92 Å². The first-order valence-corrected chi connectivity index (χ1v) is 16.9. The van der Waals surface area contributed by atoms with Crippen LogP contribution in [0.25, 0.3) is 94.4 Å². The molecule has 0 bridgehead atoms. The zero-order chi connectivity index (χ0) is 32.9. The molecule has 9 rings (SSSR count). The number of allylic oxidation sites excluding steroid dienone is 1. The zero-order valence-electron chi connectivity index (χ0n) is 27.2. The largest absolute Gasteiger partial charge is 0.308 e. The summed E-state index contributed by atoms with van der Waals surface area (Å²) in [5, 5.41) is 13.1. The molecule has 230 valence electrons. The zero-order valence-corrected chi connectivity index (χ0v) is 27.2. The minimum Gasteiger partial charge on any atom is -0.308 e. The molecule has 1 aliphatic rings. The smallest absolute Gasteiger partial charge is 0.0262 e. The van der Waals surface area contributed by atoms with Gasteiger partial charge >= 0.3 is 0 Å². The monoisotopic (exact) mass is 623 g/mol. The van der Waals surface area contributed by atoms with E-state index in [-0.39, 0.29) is 0 Å². The fourth-order valence-corrected chi connectivity index (χ4v) is 7.84. The van der Waals surface area contributed by atoms with Crippen LogP contribution in [0.2, 0.25) is 0 Å². The summed E-state index contributed by atoms with van der Waals surface area (Å²) in [4.78, 5) is 0. The van der Waals surface area contributed by atoms with Crippen LogP contribution in [0.3, 0.4) is 0 Å². The lowest BCUT2D eigenvalue weighted by molar-refractivity contribution is 1.51. The van der Waals surface area contributed by atoms with E-state index in [0.29, 0.717) is 0 Å². The lowest BCUT2D eigenvalue weighted by atomic mass is 9.80. The van der Waals surface area contributed by atoms with Crippen LogP contribution in [0, 0.1) is 5.41 Å². The van der Waals surface area contributed by atoms with Gasteiger partial charge in [-0.15, -0.1) is 0 Å². The molecule has 0 aliphatic heterocycles. The first-order chi connectivity index (χ1) is 24.2. The van der Waals surface area contributed by atoms with Crippen LogP contribution in [-0.2, 0) is 0 Å². The number of hydrogen-bond acceptors (Lipinski definition) is 1. The van der Waals surface area contributed by atoms with Gasteiger partial charge < -0.3 is 5.41 Å². The summed E-state index contributed by atoms with van der Waals surface area (Å²) in [6.07, 6.45) is 5.70. The molecule has 0 unspecified atom stereocenters. The van der Waals surface area contributed by atoms with Gasteiger partial charge in [0.05, 0.1) is 0 Å². The molecule has 1 nitrogen and oxygen atoms in total. The summed E-state index contributed by atoms with van der Waals surface area (Å²) in [5.41, 5.74) is 16.7. The maximum atomic E-state index is 8.43. The molecule has 1 aliphatic carbocycles. The Kier molecular flexibility index (Phi) is 6.92. The van der Waals surface area contributed by atoms with E-state index >= 15 is 0 Å². The molecule has 0 amide bonds. The highest BCUT2D eigenvalue weighted by Gasteiger charge is 2.22. The Morgan fingerprint density at radius 3 is 1.37 bits per heavy atom. The van der Waals surface area contributed by atoms with Crippen molar-refractivity contribution < 1.29 is 0 Å². The lowest BCUT2D eigenvalue weighted by Crippen LogP contribution is -1.97. The quantitative estimate of drug-likeness (QED) is 0.149. The van der Waals surface area contributed by atoms with Gasteiger partial charge in [-0.1, -0.05) is 152 Å². The normalized spacial score (nSPS) is 11.8. The standard InChI is InChI=1S/C48H33N/c1-2-12-35-36-15-3-7-20-41(36)45-26-24-34(29-47(45)48(35)30-49)32-14-11-13-31(27-32)33-23-25-44-42-21-8-6-18-39(42)37-16-4-5-17-38(37)40-19-9-10-22-43(40)46(44)28-33/h2-30,49H,1H3/b12-2-,39-37?,40-38?,44-42?,46-43?,49-30?. The van der Waals surface area contributed by atoms with E-state index in [4.69, 9.17) is 5.41 Å². The highest BCUT2D eigenvalue weighted by molar-refractivity contribution is 6.18. The van der Waals surface area contributed by atoms with Gasteiger partial charge in [-0.25, -0.2) is 0 Å². The second-order valence-electron chi connectivity index (χ2n) is 12.8. The second kappa shape index (κ2) is 11.7. The van der Waals surface area contributed by atoms with Crippen molar-refractivity contribution in [2.45, 2.75) is 6.92 Å². The molecular formula is C48H33N. The molecular weight excluding hydrogens is 591 g/mol. The minimum atomic E-state index is 0.951. The van der Waals surface area contributed by atoms with Crippen molar-refractivity contribution in [2.75, 3.05) is 0 Å². The fourth-order valence-electron chi connectivity index (χ4n) is 7.84. The SMILES string of the molecule is C/C=C\c1c(C=N)c2cc(-c3cccc(-c4ccc5c(c4)-c4ccccc4-c4ccccc4-c4ccccc4-5)c3)ccc2c2ccccc12.